The summed E-state index contributed by atoms with van der Waals surface area (Å²) in [7, 11) is 0. The lowest BCUT2D eigenvalue weighted by Crippen LogP contribution is -2.46. The summed E-state index contributed by atoms with van der Waals surface area (Å²) in [6, 6.07) is 23.7. The number of rotatable bonds is 5. The van der Waals surface area contributed by atoms with Gasteiger partial charge in [-0.1, -0.05) is 48.0 Å². The molecule has 156 valence electrons. The fourth-order valence-corrected chi connectivity index (χ4v) is 4.01. The smallest absolute Gasteiger partial charge is 0.249 e. The lowest BCUT2D eigenvalue weighted by molar-refractivity contribution is 0.100. The van der Waals surface area contributed by atoms with Crippen molar-refractivity contribution in [3.05, 3.63) is 99.4 Å². The first kappa shape index (κ1) is 20.9. The number of carbonyl (C=O) groups is 1. The normalized spacial score (nSPS) is 14.2. The Balaban J connectivity index is 1.39. The first-order chi connectivity index (χ1) is 15.1. The molecule has 0 aromatic heterocycles. The number of anilines is 1. The highest BCUT2D eigenvalue weighted by molar-refractivity contribution is 6.30. The molecule has 0 unspecified atom stereocenters. The molecule has 31 heavy (non-hydrogen) atoms. The number of piperazine rings is 1. The van der Waals surface area contributed by atoms with Gasteiger partial charge in [-0.2, -0.15) is 0 Å². The van der Waals surface area contributed by atoms with E-state index >= 15 is 0 Å². The van der Waals surface area contributed by atoms with Crippen LogP contribution in [-0.4, -0.2) is 37.0 Å². The van der Waals surface area contributed by atoms with E-state index in [1.54, 1.807) is 12.1 Å². The fraction of sp³-hybridized carbons (Fsp3) is 0.208. The number of amides is 1. The predicted octanol–water partition coefficient (Wildman–Crippen LogP) is 5.78. The maximum absolute atomic E-state index is 11.6. The van der Waals surface area contributed by atoms with E-state index in [4.69, 9.17) is 17.1 Å². The van der Waals surface area contributed by atoms with Crippen molar-refractivity contribution in [3.63, 3.8) is 0 Å². The van der Waals surface area contributed by atoms with Crippen molar-refractivity contribution in [2.24, 2.45) is 5.11 Å². The van der Waals surface area contributed by atoms with Crippen LogP contribution < -0.4 is 4.90 Å². The molecule has 1 aliphatic rings. The Hall–Kier alpha value is -3.31. The third-order valence-electron chi connectivity index (χ3n) is 5.55. The molecule has 0 N–H and O–H groups in total. The maximum atomic E-state index is 11.6. The molecule has 0 spiro atoms. The molecule has 0 aliphatic carbocycles. The number of nitrogens with zero attached hydrogens (tertiary/aromatic N) is 5. The molecule has 3 aromatic rings. The highest BCUT2D eigenvalue weighted by Crippen LogP contribution is 2.27. The standard InChI is InChI=1S/C24H22ClN5O/c25-21-9-5-18(6-10-21)23-4-2-1-3-20(23)17-29-13-15-30(16-14-29)22-11-7-19(8-12-22)24(31)27-28-26/h1-12H,13-17H2. The maximum Gasteiger partial charge on any atom is 0.249 e. The van der Waals surface area contributed by atoms with Crippen LogP contribution in [0.5, 0.6) is 0 Å². The summed E-state index contributed by atoms with van der Waals surface area (Å²) >= 11 is 6.05. The second kappa shape index (κ2) is 9.67. The van der Waals surface area contributed by atoms with Gasteiger partial charge in [-0.15, -0.1) is 0 Å². The fourth-order valence-electron chi connectivity index (χ4n) is 3.89. The van der Waals surface area contributed by atoms with Gasteiger partial charge in [0, 0.05) is 53.9 Å². The molecule has 1 amide bonds. The average Bonchev–Trinajstić information content (AvgIpc) is 2.81. The molecule has 1 fully saturated rings. The zero-order valence-corrected chi connectivity index (χ0v) is 17.7. The largest absolute Gasteiger partial charge is 0.369 e. The van der Waals surface area contributed by atoms with Crippen molar-refractivity contribution in [3.8, 4) is 11.1 Å². The molecule has 1 saturated heterocycles. The Labute approximate surface area is 186 Å². The van der Waals surface area contributed by atoms with Crippen LogP contribution >= 0.6 is 11.6 Å². The Kier molecular flexibility index (Phi) is 6.53. The van der Waals surface area contributed by atoms with Gasteiger partial charge < -0.3 is 4.90 Å². The van der Waals surface area contributed by atoms with E-state index in [0.29, 0.717) is 5.56 Å². The molecule has 6 nitrogen and oxygen atoms in total. The molecule has 4 rings (SSSR count). The number of halogens is 1. The lowest BCUT2D eigenvalue weighted by atomic mass is 9.99. The Morgan fingerprint density at radius 3 is 2.29 bits per heavy atom. The number of benzene rings is 3. The van der Waals surface area contributed by atoms with Gasteiger partial charge in [0.1, 0.15) is 0 Å². The van der Waals surface area contributed by atoms with Crippen molar-refractivity contribution in [2.45, 2.75) is 6.54 Å². The van der Waals surface area contributed by atoms with E-state index < -0.39 is 5.91 Å². The summed E-state index contributed by atoms with van der Waals surface area (Å²) < 4.78 is 0. The summed E-state index contributed by atoms with van der Waals surface area (Å²) in [6.45, 7) is 4.62. The van der Waals surface area contributed by atoms with Crippen molar-refractivity contribution >= 4 is 23.2 Å². The Bertz CT molecular complexity index is 1100. The molecule has 0 radical (unpaired) electrons. The van der Waals surface area contributed by atoms with Crippen molar-refractivity contribution in [2.75, 3.05) is 31.1 Å². The van der Waals surface area contributed by atoms with E-state index in [9.17, 15) is 4.79 Å². The second-order valence-electron chi connectivity index (χ2n) is 7.47. The van der Waals surface area contributed by atoms with E-state index in [1.807, 2.05) is 24.3 Å². The molecule has 0 saturated carbocycles. The van der Waals surface area contributed by atoms with Crippen molar-refractivity contribution in [1.82, 2.24) is 4.90 Å². The van der Waals surface area contributed by atoms with Crippen LogP contribution in [0.15, 0.2) is 77.9 Å². The van der Waals surface area contributed by atoms with Crippen LogP contribution in [0, 0.1) is 0 Å². The summed E-state index contributed by atoms with van der Waals surface area (Å²) in [5, 5.41) is 3.88. The minimum absolute atomic E-state index is 0.402. The van der Waals surface area contributed by atoms with Crippen LogP contribution in [0.4, 0.5) is 5.69 Å². The number of carbonyl (C=O) groups excluding carboxylic acids is 1. The molecule has 0 bridgehead atoms. The lowest BCUT2D eigenvalue weighted by Gasteiger charge is -2.36. The predicted molar refractivity (Wildman–Crippen MR) is 124 cm³/mol. The zero-order valence-electron chi connectivity index (χ0n) is 17.0. The van der Waals surface area contributed by atoms with Crippen molar-refractivity contribution < 1.29 is 4.79 Å². The summed E-state index contributed by atoms with van der Waals surface area (Å²) in [5.74, 6) is -0.557. The van der Waals surface area contributed by atoms with Crippen LogP contribution in [0.25, 0.3) is 21.6 Å². The number of hydrogen-bond donors (Lipinski definition) is 0. The van der Waals surface area contributed by atoms with Gasteiger partial charge in [-0.05, 0) is 63.7 Å². The van der Waals surface area contributed by atoms with Gasteiger partial charge in [0.25, 0.3) is 0 Å². The molecule has 0 atom stereocenters. The molecule has 1 heterocycles. The summed E-state index contributed by atoms with van der Waals surface area (Å²) in [6.07, 6.45) is 0. The summed E-state index contributed by atoms with van der Waals surface area (Å²) in [4.78, 5) is 19.0. The summed E-state index contributed by atoms with van der Waals surface area (Å²) in [5.41, 5.74) is 13.6. The van der Waals surface area contributed by atoms with Crippen LogP contribution in [0.3, 0.4) is 0 Å². The van der Waals surface area contributed by atoms with Crippen LogP contribution in [0.1, 0.15) is 15.9 Å². The van der Waals surface area contributed by atoms with Crippen LogP contribution in [-0.2, 0) is 6.54 Å². The van der Waals surface area contributed by atoms with E-state index in [1.165, 1.54) is 16.7 Å². The van der Waals surface area contributed by atoms with Crippen molar-refractivity contribution in [1.29, 1.82) is 0 Å². The third-order valence-corrected chi connectivity index (χ3v) is 5.81. The van der Waals surface area contributed by atoms with Gasteiger partial charge >= 0.3 is 0 Å². The molecular formula is C24H22ClN5O. The number of azide groups is 1. The third kappa shape index (κ3) is 5.06. The van der Waals surface area contributed by atoms with Gasteiger partial charge in [0.15, 0.2) is 0 Å². The molecule has 7 heteroatoms. The number of hydrogen-bond acceptors (Lipinski definition) is 3. The van der Waals surface area contributed by atoms with Gasteiger partial charge in [-0.3, -0.25) is 9.69 Å². The molecule has 3 aromatic carbocycles. The van der Waals surface area contributed by atoms with Gasteiger partial charge in [0.05, 0.1) is 0 Å². The minimum atomic E-state index is -0.557. The topological polar surface area (TPSA) is 72.3 Å². The van der Waals surface area contributed by atoms with E-state index in [2.05, 4.69) is 56.2 Å². The quantitative estimate of drug-likeness (QED) is 0.292. The first-order valence-electron chi connectivity index (χ1n) is 10.1. The minimum Gasteiger partial charge on any atom is -0.369 e. The first-order valence-corrected chi connectivity index (χ1v) is 10.5. The van der Waals surface area contributed by atoms with Gasteiger partial charge in [0.2, 0.25) is 5.91 Å². The second-order valence-corrected chi connectivity index (χ2v) is 7.91. The average molecular weight is 432 g/mol. The highest BCUT2D eigenvalue weighted by Gasteiger charge is 2.19. The SMILES string of the molecule is [N-]=[N+]=NC(=O)c1ccc(N2CCN(Cc3ccccc3-c3ccc(Cl)cc3)CC2)cc1. The highest BCUT2D eigenvalue weighted by atomic mass is 35.5. The molecular weight excluding hydrogens is 410 g/mol. The van der Waals surface area contributed by atoms with Crippen LogP contribution in [0.2, 0.25) is 5.02 Å². The molecule has 1 aliphatic heterocycles. The van der Waals surface area contributed by atoms with Gasteiger partial charge in [-0.25, -0.2) is 0 Å². The Morgan fingerprint density at radius 2 is 1.61 bits per heavy atom. The van der Waals surface area contributed by atoms with E-state index in [-0.39, 0.29) is 0 Å². The zero-order chi connectivity index (χ0) is 21.6. The monoisotopic (exact) mass is 431 g/mol. The Morgan fingerprint density at radius 1 is 0.935 bits per heavy atom. The van der Waals surface area contributed by atoms with E-state index in [0.717, 1.165) is 43.4 Å².